The smallest absolute Gasteiger partial charge is 0.119 e. The average Bonchev–Trinajstić information content (AvgIpc) is 2.74. The van der Waals surface area contributed by atoms with Crippen LogP contribution in [-0.4, -0.2) is 49.5 Å². The molecule has 2 aromatic rings. The first kappa shape index (κ1) is 19.9. The van der Waals surface area contributed by atoms with Gasteiger partial charge in [-0.15, -0.1) is 0 Å². The fourth-order valence-electron chi connectivity index (χ4n) is 3.48. The molecule has 27 heavy (non-hydrogen) atoms. The molecule has 1 aliphatic rings. The van der Waals surface area contributed by atoms with Crippen molar-refractivity contribution in [3.8, 4) is 5.75 Å². The van der Waals surface area contributed by atoms with Crippen molar-refractivity contribution in [1.29, 1.82) is 0 Å². The highest BCUT2D eigenvalue weighted by Crippen LogP contribution is 2.34. The Bertz CT molecular complexity index is 668. The van der Waals surface area contributed by atoms with Crippen molar-refractivity contribution in [1.82, 2.24) is 4.90 Å². The summed E-state index contributed by atoms with van der Waals surface area (Å²) in [6.07, 6.45) is 2.82. The van der Waals surface area contributed by atoms with Gasteiger partial charge in [-0.3, -0.25) is 4.90 Å². The Morgan fingerprint density at radius 1 is 1.00 bits per heavy atom. The number of nitrogens with zero attached hydrogens (tertiary/aromatic N) is 1. The van der Waals surface area contributed by atoms with Crippen LogP contribution in [0.4, 0.5) is 0 Å². The third-order valence-electron chi connectivity index (χ3n) is 5.24. The second-order valence-electron chi connectivity index (χ2n) is 7.16. The highest BCUT2D eigenvalue weighted by Gasteiger charge is 2.32. The number of rotatable bonds is 9. The predicted octanol–water partition coefficient (Wildman–Crippen LogP) is 3.82. The second-order valence-corrected chi connectivity index (χ2v) is 7.16. The molecule has 2 aromatic carbocycles. The molecule has 0 bridgehead atoms. The SMILES string of the molecule is CCCCOc1ccc([C@@](O)(CCN2CCOCC2)c2ccccc2)cc1. The van der Waals surface area contributed by atoms with Crippen molar-refractivity contribution in [2.75, 3.05) is 39.5 Å². The first-order valence-electron chi connectivity index (χ1n) is 10.0. The quantitative estimate of drug-likeness (QED) is 0.682. The molecule has 146 valence electrons. The summed E-state index contributed by atoms with van der Waals surface area (Å²) in [6, 6.07) is 17.9. The van der Waals surface area contributed by atoms with Crippen molar-refractivity contribution in [3.05, 3.63) is 65.7 Å². The number of hydrogen-bond acceptors (Lipinski definition) is 4. The van der Waals surface area contributed by atoms with E-state index in [2.05, 4.69) is 11.8 Å². The lowest BCUT2D eigenvalue weighted by Crippen LogP contribution is -2.40. The summed E-state index contributed by atoms with van der Waals surface area (Å²) >= 11 is 0. The van der Waals surface area contributed by atoms with Gasteiger partial charge in [0.15, 0.2) is 0 Å². The Morgan fingerprint density at radius 3 is 2.33 bits per heavy atom. The molecule has 1 saturated heterocycles. The highest BCUT2D eigenvalue weighted by atomic mass is 16.5. The molecule has 0 radical (unpaired) electrons. The van der Waals surface area contributed by atoms with E-state index in [9.17, 15) is 5.11 Å². The van der Waals surface area contributed by atoms with Gasteiger partial charge in [-0.25, -0.2) is 0 Å². The zero-order valence-corrected chi connectivity index (χ0v) is 16.3. The molecule has 3 rings (SSSR count). The van der Waals surface area contributed by atoms with Crippen LogP contribution in [0.25, 0.3) is 0 Å². The largest absolute Gasteiger partial charge is 0.494 e. The summed E-state index contributed by atoms with van der Waals surface area (Å²) < 4.78 is 11.2. The molecule has 0 aromatic heterocycles. The number of hydrogen-bond donors (Lipinski definition) is 1. The van der Waals surface area contributed by atoms with Crippen molar-refractivity contribution < 1.29 is 14.6 Å². The van der Waals surface area contributed by atoms with Gasteiger partial charge in [-0.1, -0.05) is 55.8 Å². The minimum Gasteiger partial charge on any atom is -0.494 e. The average molecular weight is 370 g/mol. The lowest BCUT2D eigenvalue weighted by molar-refractivity contribution is 0.0143. The monoisotopic (exact) mass is 369 g/mol. The molecule has 4 nitrogen and oxygen atoms in total. The number of aliphatic hydroxyl groups is 1. The van der Waals surface area contributed by atoms with Gasteiger partial charge in [0.05, 0.1) is 19.8 Å². The van der Waals surface area contributed by atoms with Gasteiger partial charge in [0.2, 0.25) is 0 Å². The van der Waals surface area contributed by atoms with Crippen molar-refractivity contribution in [3.63, 3.8) is 0 Å². The van der Waals surface area contributed by atoms with Crippen LogP contribution >= 0.6 is 0 Å². The summed E-state index contributed by atoms with van der Waals surface area (Å²) in [5, 5.41) is 11.7. The summed E-state index contributed by atoms with van der Waals surface area (Å²) in [4.78, 5) is 2.36. The first-order chi connectivity index (χ1) is 13.2. The molecular weight excluding hydrogens is 338 g/mol. The van der Waals surface area contributed by atoms with Gasteiger partial charge in [0.25, 0.3) is 0 Å². The van der Waals surface area contributed by atoms with E-state index in [-0.39, 0.29) is 0 Å². The molecule has 1 aliphatic heterocycles. The Balaban J connectivity index is 1.76. The summed E-state index contributed by atoms with van der Waals surface area (Å²) in [6.45, 7) is 7.12. The highest BCUT2D eigenvalue weighted by molar-refractivity contribution is 5.38. The van der Waals surface area contributed by atoms with Crippen LogP contribution in [-0.2, 0) is 10.3 Å². The van der Waals surface area contributed by atoms with E-state index in [0.29, 0.717) is 6.42 Å². The maximum Gasteiger partial charge on any atom is 0.119 e. The minimum absolute atomic E-state index is 0.646. The zero-order valence-electron chi connectivity index (χ0n) is 16.3. The summed E-state index contributed by atoms with van der Waals surface area (Å²) in [5.41, 5.74) is 0.823. The Hall–Kier alpha value is -1.88. The molecule has 1 heterocycles. The number of benzene rings is 2. The maximum absolute atomic E-state index is 11.7. The second kappa shape index (κ2) is 9.88. The maximum atomic E-state index is 11.7. The molecular formula is C23H31NO3. The van der Waals surface area contributed by atoms with E-state index >= 15 is 0 Å². The van der Waals surface area contributed by atoms with Gasteiger partial charge in [0, 0.05) is 19.6 Å². The Kier molecular flexibility index (Phi) is 7.27. The van der Waals surface area contributed by atoms with Gasteiger partial charge in [-0.2, -0.15) is 0 Å². The lowest BCUT2D eigenvalue weighted by Gasteiger charge is -2.34. The normalized spacial score (nSPS) is 17.4. The van der Waals surface area contributed by atoms with Crippen LogP contribution in [0.2, 0.25) is 0 Å². The molecule has 0 amide bonds. The van der Waals surface area contributed by atoms with Crippen LogP contribution in [0.5, 0.6) is 5.75 Å². The molecule has 1 N–H and O–H groups in total. The van der Waals surface area contributed by atoms with Crippen molar-refractivity contribution in [2.45, 2.75) is 31.8 Å². The van der Waals surface area contributed by atoms with Crippen LogP contribution in [0.15, 0.2) is 54.6 Å². The standard InChI is InChI=1S/C23H31NO3/c1-2-3-17-27-22-11-9-21(10-12-22)23(25,20-7-5-4-6-8-20)13-14-24-15-18-26-19-16-24/h4-12,25H,2-3,13-19H2,1H3/t23-/m1/s1. The van der Waals surface area contributed by atoms with Crippen molar-refractivity contribution >= 4 is 0 Å². The minimum atomic E-state index is -1.01. The van der Waals surface area contributed by atoms with E-state index in [1.54, 1.807) is 0 Å². The third kappa shape index (κ3) is 5.32. The Morgan fingerprint density at radius 2 is 1.67 bits per heavy atom. The molecule has 0 saturated carbocycles. The number of morpholine rings is 1. The molecule has 0 spiro atoms. The van der Waals surface area contributed by atoms with E-state index < -0.39 is 5.60 Å². The first-order valence-corrected chi connectivity index (χ1v) is 10.0. The number of ether oxygens (including phenoxy) is 2. The van der Waals surface area contributed by atoms with E-state index in [1.165, 1.54) is 0 Å². The van der Waals surface area contributed by atoms with Crippen molar-refractivity contribution in [2.24, 2.45) is 0 Å². The molecule has 0 aliphatic carbocycles. The predicted molar refractivity (Wildman–Crippen MR) is 108 cm³/mol. The van der Waals surface area contributed by atoms with E-state index in [1.807, 2.05) is 54.6 Å². The molecule has 4 heteroatoms. The number of unbranched alkanes of at least 4 members (excludes halogenated alkanes) is 1. The van der Waals surface area contributed by atoms with Crippen LogP contribution in [0.1, 0.15) is 37.3 Å². The molecule has 1 fully saturated rings. The van der Waals surface area contributed by atoms with Gasteiger partial charge < -0.3 is 14.6 Å². The van der Waals surface area contributed by atoms with Crippen LogP contribution < -0.4 is 4.74 Å². The van der Waals surface area contributed by atoms with Gasteiger partial charge in [0.1, 0.15) is 11.4 Å². The fraction of sp³-hybridized carbons (Fsp3) is 0.478. The van der Waals surface area contributed by atoms with E-state index in [4.69, 9.17) is 9.47 Å². The third-order valence-corrected chi connectivity index (χ3v) is 5.24. The molecule has 1 atom stereocenters. The molecule has 0 unspecified atom stereocenters. The summed E-state index contributed by atoms with van der Waals surface area (Å²) in [5.74, 6) is 0.857. The fourth-order valence-corrected chi connectivity index (χ4v) is 3.48. The van der Waals surface area contributed by atoms with Crippen LogP contribution in [0, 0.1) is 0 Å². The zero-order chi connectivity index (χ0) is 19.0. The van der Waals surface area contributed by atoms with Crippen LogP contribution in [0.3, 0.4) is 0 Å². The van der Waals surface area contributed by atoms with Gasteiger partial charge in [-0.05, 0) is 36.1 Å². The van der Waals surface area contributed by atoms with Gasteiger partial charge >= 0.3 is 0 Å². The Labute approximate surface area is 162 Å². The summed E-state index contributed by atoms with van der Waals surface area (Å²) in [7, 11) is 0. The lowest BCUT2D eigenvalue weighted by atomic mass is 9.83. The topological polar surface area (TPSA) is 41.9 Å². The van der Waals surface area contributed by atoms with E-state index in [0.717, 1.165) is 69.2 Å².